The molecule has 0 amide bonds. The fraction of sp³-hybridized carbons (Fsp3) is 0.310. The molecule has 0 fully saturated rings. The monoisotopic (exact) mass is 580 g/mol. The maximum Gasteiger partial charge on any atom is 0.0647 e. The zero-order valence-electron chi connectivity index (χ0n) is 27.3. The van der Waals surface area contributed by atoms with E-state index in [4.69, 9.17) is 10.7 Å². The first kappa shape index (κ1) is 31.3. The summed E-state index contributed by atoms with van der Waals surface area (Å²) in [5, 5.41) is 0. The second-order valence-corrected chi connectivity index (χ2v) is 12.7. The molecule has 44 heavy (non-hydrogen) atoms. The average Bonchev–Trinajstić information content (AvgIpc) is 3.31. The Labute approximate surface area is 265 Å². The zero-order valence-corrected chi connectivity index (χ0v) is 27.3. The van der Waals surface area contributed by atoms with E-state index < -0.39 is 0 Å². The first-order chi connectivity index (χ1) is 21.3. The number of fused-ring (bicyclic) bond motifs is 2. The molecule has 0 saturated carbocycles. The Morgan fingerprint density at radius 1 is 0.977 bits per heavy atom. The molecule has 2 heteroatoms. The number of hydrogen-bond donors (Lipinski definition) is 1. The molecule has 2 N–H and O–H groups in total. The van der Waals surface area contributed by atoms with Crippen molar-refractivity contribution in [3.8, 4) is 0 Å². The SMILES string of the molecule is C\C=C/C(=C\C(=C/C)c1ccc2c(c1)C(C)(C)C1=C2C=C(C)CC=C1)c1cccc(C/N=C(\C=C/N)C2=CCCCCC2)c1. The van der Waals surface area contributed by atoms with Crippen molar-refractivity contribution in [3.05, 3.63) is 148 Å². The molecule has 226 valence electrons. The summed E-state index contributed by atoms with van der Waals surface area (Å²) in [4.78, 5) is 5.03. The minimum Gasteiger partial charge on any atom is -0.405 e. The fourth-order valence-corrected chi connectivity index (χ4v) is 6.76. The van der Waals surface area contributed by atoms with E-state index >= 15 is 0 Å². The van der Waals surface area contributed by atoms with Crippen LogP contribution in [0.3, 0.4) is 0 Å². The lowest BCUT2D eigenvalue weighted by Crippen LogP contribution is -2.16. The lowest BCUT2D eigenvalue weighted by molar-refractivity contribution is 0.654. The van der Waals surface area contributed by atoms with E-state index in [-0.39, 0.29) is 5.41 Å². The third-order valence-electron chi connectivity index (χ3n) is 9.18. The van der Waals surface area contributed by atoms with Crippen LogP contribution in [0.15, 0.2) is 125 Å². The van der Waals surface area contributed by atoms with E-state index in [1.807, 2.05) is 6.08 Å². The van der Waals surface area contributed by atoms with E-state index in [1.54, 1.807) is 6.20 Å². The topological polar surface area (TPSA) is 38.4 Å². The molecule has 0 saturated heterocycles. The van der Waals surface area contributed by atoms with E-state index in [1.165, 1.54) is 80.5 Å². The zero-order chi connectivity index (χ0) is 31.1. The van der Waals surface area contributed by atoms with Crippen molar-refractivity contribution in [1.82, 2.24) is 0 Å². The molecule has 0 radical (unpaired) electrons. The van der Waals surface area contributed by atoms with Gasteiger partial charge in [0.05, 0.1) is 12.3 Å². The molecule has 0 spiro atoms. The molecule has 2 aromatic carbocycles. The van der Waals surface area contributed by atoms with Gasteiger partial charge in [0.1, 0.15) is 0 Å². The van der Waals surface area contributed by atoms with Gasteiger partial charge in [0.15, 0.2) is 0 Å². The van der Waals surface area contributed by atoms with Crippen LogP contribution >= 0.6 is 0 Å². The molecule has 0 aromatic heterocycles. The number of nitrogens with two attached hydrogens (primary N) is 1. The maximum absolute atomic E-state index is 5.82. The summed E-state index contributed by atoms with van der Waals surface area (Å²) in [6.07, 6.45) is 28.9. The number of aliphatic imine (C=N–C) groups is 1. The van der Waals surface area contributed by atoms with Crippen LogP contribution in [0.1, 0.15) is 101 Å². The van der Waals surface area contributed by atoms with Gasteiger partial charge in [-0.05, 0) is 139 Å². The second kappa shape index (κ2) is 14.1. The Hall–Kier alpha value is -4.17. The van der Waals surface area contributed by atoms with Crippen LogP contribution in [-0.4, -0.2) is 5.71 Å². The maximum atomic E-state index is 5.82. The second-order valence-electron chi connectivity index (χ2n) is 12.7. The molecule has 3 aliphatic carbocycles. The summed E-state index contributed by atoms with van der Waals surface area (Å²) >= 11 is 0. The highest BCUT2D eigenvalue weighted by molar-refractivity contribution is 6.08. The van der Waals surface area contributed by atoms with Crippen LogP contribution in [0.5, 0.6) is 0 Å². The molecular formula is C42H48N2. The smallest absolute Gasteiger partial charge is 0.0647 e. The van der Waals surface area contributed by atoms with Gasteiger partial charge < -0.3 is 5.73 Å². The Balaban J connectivity index is 1.45. The predicted molar refractivity (Wildman–Crippen MR) is 192 cm³/mol. The van der Waals surface area contributed by atoms with Gasteiger partial charge in [-0.3, -0.25) is 4.99 Å². The average molecular weight is 581 g/mol. The lowest BCUT2D eigenvalue weighted by atomic mass is 9.80. The van der Waals surface area contributed by atoms with E-state index in [2.05, 4.69) is 126 Å². The quantitative estimate of drug-likeness (QED) is 0.245. The highest BCUT2D eigenvalue weighted by atomic mass is 14.7. The summed E-state index contributed by atoms with van der Waals surface area (Å²) in [5.41, 5.74) is 21.2. The summed E-state index contributed by atoms with van der Waals surface area (Å²) in [7, 11) is 0. The first-order valence-electron chi connectivity index (χ1n) is 16.3. The van der Waals surface area contributed by atoms with Crippen LogP contribution in [0, 0.1) is 0 Å². The van der Waals surface area contributed by atoms with Gasteiger partial charge in [-0.2, -0.15) is 0 Å². The summed E-state index contributed by atoms with van der Waals surface area (Å²) in [6.45, 7) is 11.8. The van der Waals surface area contributed by atoms with Crippen molar-refractivity contribution in [1.29, 1.82) is 0 Å². The lowest BCUT2D eigenvalue weighted by Gasteiger charge is -2.23. The molecule has 0 unspecified atom stereocenters. The summed E-state index contributed by atoms with van der Waals surface area (Å²) in [5.74, 6) is 0. The minimum absolute atomic E-state index is 0.0351. The number of allylic oxidation sites excluding steroid dienone is 15. The largest absolute Gasteiger partial charge is 0.405 e. The normalized spacial score (nSPS) is 19.2. The summed E-state index contributed by atoms with van der Waals surface area (Å²) in [6, 6.07) is 15.8. The molecule has 5 rings (SSSR count). The summed E-state index contributed by atoms with van der Waals surface area (Å²) < 4.78 is 0. The van der Waals surface area contributed by atoms with Crippen molar-refractivity contribution >= 4 is 22.4 Å². The highest BCUT2D eigenvalue weighted by Gasteiger charge is 2.36. The Morgan fingerprint density at radius 2 is 1.82 bits per heavy atom. The fourth-order valence-electron chi connectivity index (χ4n) is 6.76. The molecule has 2 aromatic rings. The third kappa shape index (κ3) is 6.81. The van der Waals surface area contributed by atoms with Gasteiger partial charge in [-0.15, -0.1) is 0 Å². The van der Waals surface area contributed by atoms with Crippen LogP contribution in [0.25, 0.3) is 16.7 Å². The first-order valence-corrected chi connectivity index (χ1v) is 16.3. The van der Waals surface area contributed by atoms with Crippen molar-refractivity contribution in [2.45, 2.75) is 85.1 Å². The van der Waals surface area contributed by atoms with Gasteiger partial charge in [-0.25, -0.2) is 0 Å². The standard InChI is InChI=1S/C42H48N2/c1-6-14-34(35-19-13-16-31(26-35)29-44-41(23-24-43)33-17-10-8-9-11-18-33)27-32(7-2)36-21-22-37-38-25-30(3)15-12-20-39(38)42(4,5)40(37)28-36/h6-7,12-14,16-17,19-28H,8-11,15,18,29,43H2,1-5H3/b14-6-,24-23-,32-7+,34-27+,44-41+. The van der Waals surface area contributed by atoms with E-state index in [0.717, 1.165) is 25.0 Å². The van der Waals surface area contributed by atoms with Crippen LogP contribution in [0.4, 0.5) is 0 Å². The Kier molecular flexibility index (Phi) is 10.0. The van der Waals surface area contributed by atoms with Gasteiger partial charge >= 0.3 is 0 Å². The Bertz CT molecular complexity index is 1670. The van der Waals surface area contributed by atoms with Gasteiger partial charge in [-0.1, -0.05) is 98.7 Å². The van der Waals surface area contributed by atoms with E-state index in [9.17, 15) is 0 Å². The third-order valence-corrected chi connectivity index (χ3v) is 9.18. The Morgan fingerprint density at radius 3 is 2.61 bits per heavy atom. The van der Waals surface area contributed by atoms with Crippen LogP contribution in [-0.2, 0) is 12.0 Å². The van der Waals surface area contributed by atoms with Gasteiger partial charge in [0.2, 0.25) is 0 Å². The van der Waals surface area contributed by atoms with Crippen LogP contribution in [0.2, 0.25) is 0 Å². The molecule has 0 bridgehead atoms. The van der Waals surface area contributed by atoms with Crippen molar-refractivity contribution in [2.24, 2.45) is 10.7 Å². The van der Waals surface area contributed by atoms with Gasteiger partial charge in [0, 0.05) is 5.41 Å². The number of nitrogens with zero attached hydrogens (tertiary/aromatic N) is 1. The molecule has 0 atom stereocenters. The molecule has 0 heterocycles. The molecule has 3 aliphatic rings. The number of rotatable bonds is 8. The van der Waals surface area contributed by atoms with E-state index in [0.29, 0.717) is 6.54 Å². The molecular weight excluding hydrogens is 532 g/mol. The van der Waals surface area contributed by atoms with Crippen molar-refractivity contribution in [2.75, 3.05) is 0 Å². The molecule has 2 nitrogen and oxygen atoms in total. The molecule has 0 aliphatic heterocycles. The number of benzene rings is 2. The number of hydrogen-bond acceptors (Lipinski definition) is 2. The highest BCUT2D eigenvalue weighted by Crippen LogP contribution is 2.49. The van der Waals surface area contributed by atoms with Crippen molar-refractivity contribution < 1.29 is 0 Å². The van der Waals surface area contributed by atoms with Crippen LogP contribution < -0.4 is 5.73 Å². The minimum atomic E-state index is -0.0351. The van der Waals surface area contributed by atoms with Crippen molar-refractivity contribution in [3.63, 3.8) is 0 Å². The predicted octanol–water partition coefficient (Wildman–Crippen LogP) is 11.0. The van der Waals surface area contributed by atoms with Gasteiger partial charge in [0.25, 0.3) is 0 Å².